The molecular weight excluding hydrogens is 355 g/mol. The van der Waals surface area contributed by atoms with E-state index < -0.39 is 6.04 Å². The van der Waals surface area contributed by atoms with Gasteiger partial charge in [0, 0.05) is 5.69 Å². The Kier molecular flexibility index (Phi) is 7.47. The standard InChI is InChI=1S/C19H21FN2O3S/c1-25-17-6-4-3-5-15(17)18(23)22-16(11-12-26-2)19(24)21-14-9-7-13(20)8-10-14/h3-10,16H,11-12H2,1-2H3,(H,21,24)(H,22,23). The van der Waals surface area contributed by atoms with Gasteiger partial charge in [-0.25, -0.2) is 4.39 Å². The van der Waals surface area contributed by atoms with Crippen LogP contribution in [0.15, 0.2) is 48.5 Å². The van der Waals surface area contributed by atoms with Gasteiger partial charge in [-0.05, 0) is 54.8 Å². The van der Waals surface area contributed by atoms with Gasteiger partial charge in [0.15, 0.2) is 0 Å². The van der Waals surface area contributed by atoms with Crippen molar-refractivity contribution in [3.05, 3.63) is 59.9 Å². The number of methoxy groups -OCH3 is 1. The predicted octanol–water partition coefficient (Wildman–Crippen LogP) is 3.32. The topological polar surface area (TPSA) is 67.4 Å². The summed E-state index contributed by atoms with van der Waals surface area (Å²) in [7, 11) is 1.48. The van der Waals surface area contributed by atoms with Crippen molar-refractivity contribution < 1.29 is 18.7 Å². The van der Waals surface area contributed by atoms with Gasteiger partial charge in [0.25, 0.3) is 5.91 Å². The van der Waals surface area contributed by atoms with E-state index in [2.05, 4.69) is 10.6 Å². The molecule has 0 radical (unpaired) electrons. The molecule has 7 heteroatoms. The summed E-state index contributed by atoms with van der Waals surface area (Å²) in [4.78, 5) is 25.1. The number of rotatable bonds is 8. The van der Waals surface area contributed by atoms with E-state index >= 15 is 0 Å². The van der Waals surface area contributed by atoms with Crippen molar-refractivity contribution in [3.8, 4) is 5.75 Å². The van der Waals surface area contributed by atoms with Crippen LogP contribution in [0.25, 0.3) is 0 Å². The van der Waals surface area contributed by atoms with E-state index in [-0.39, 0.29) is 17.6 Å². The summed E-state index contributed by atoms with van der Waals surface area (Å²) in [5.74, 6) is 0.0175. The van der Waals surface area contributed by atoms with Crippen molar-refractivity contribution in [1.82, 2.24) is 5.32 Å². The van der Waals surface area contributed by atoms with Crippen LogP contribution in [0.2, 0.25) is 0 Å². The van der Waals surface area contributed by atoms with Gasteiger partial charge >= 0.3 is 0 Å². The normalized spacial score (nSPS) is 11.5. The number of ether oxygens (including phenoxy) is 1. The van der Waals surface area contributed by atoms with Crippen LogP contribution in [0.1, 0.15) is 16.8 Å². The van der Waals surface area contributed by atoms with E-state index in [1.54, 1.807) is 36.0 Å². The predicted molar refractivity (Wildman–Crippen MR) is 102 cm³/mol. The van der Waals surface area contributed by atoms with Crippen molar-refractivity contribution >= 4 is 29.3 Å². The van der Waals surface area contributed by atoms with Crippen LogP contribution in [0.4, 0.5) is 10.1 Å². The first-order valence-electron chi connectivity index (χ1n) is 8.04. The van der Waals surface area contributed by atoms with Gasteiger partial charge in [-0.2, -0.15) is 11.8 Å². The molecule has 0 saturated heterocycles. The summed E-state index contributed by atoms with van der Waals surface area (Å²) >= 11 is 1.58. The van der Waals surface area contributed by atoms with Gasteiger partial charge in [0.05, 0.1) is 12.7 Å². The van der Waals surface area contributed by atoms with Crippen LogP contribution in [-0.4, -0.2) is 37.0 Å². The molecule has 0 saturated carbocycles. The molecule has 2 rings (SSSR count). The van der Waals surface area contributed by atoms with Crippen molar-refractivity contribution in [2.45, 2.75) is 12.5 Å². The van der Waals surface area contributed by atoms with Crippen LogP contribution in [0.3, 0.4) is 0 Å². The summed E-state index contributed by atoms with van der Waals surface area (Å²) < 4.78 is 18.2. The fourth-order valence-electron chi connectivity index (χ4n) is 2.34. The molecule has 0 aromatic heterocycles. The number of hydrogen-bond donors (Lipinski definition) is 2. The molecule has 138 valence electrons. The minimum atomic E-state index is -0.718. The summed E-state index contributed by atoms with van der Waals surface area (Å²) in [6.07, 6.45) is 2.39. The van der Waals surface area contributed by atoms with E-state index in [0.29, 0.717) is 29.2 Å². The third kappa shape index (κ3) is 5.49. The van der Waals surface area contributed by atoms with Gasteiger partial charge in [0.1, 0.15) is 17.6 Å². The average Bonchev–Trinajstić information content (AvgIpc) is 2.66. The zero-order valence-electron chi connectivity index (χ0n) is 14.6. The van der Waals surface area contributed by atoms with Crippen molar-refractivity contribution in [1.29, 1.82) is 0 Å². The number of carbonyl (C=O) groups is 2. The summed E-state index contributed by atoms with van der Waals surface area (Å²) in [5.41, 5.74) is 0.829. The van der Waals surface area contributed by atoms with E-state index in [4.69, 9.17) is 4.74 Å². The summed E-state index contributed by atoms with van der Waals surface area (Å²) in [5, 5.41) is 5.46. The number of halogens is 1. The number of hydrogen-bond acceptors (Lipinski definition) is 4. The first kappa shape index (κ1) is 19.8. The summed E-state index contributed by atoms with van der Waals surface area (Å²) in [6.45, 7) is 0. The molecule has 26 heavy (non-hydrogen) atoms. The van der Waals surface area contributed by atoms with Crippen LogP contribution in [0.5, 0.6) is 5.75 Å². The van der Waals surface area contributed by atoms with Gasteiger partial charge < -0.3 is 15.4 Å². The quantitative estimate of drug-likeness (QED) is 0.742. The second kappa shape index (κ2) is 9.82. The van der Waals surface area contributed by atoms with Crippen LogP contribution >= 0.6 is 11.8 Å². The zero-order chi connectivity index (χ0) is 18.9. The van der Waals surface area contributed by atoms with Gasteiger partial charge in [-0.3, -0.25) is 9.59 Å². The molecule has 2 amide bonds. The third-order valence-electron chi connectivity index (χ3n) is 3.70. The average molecular weight is 376 g/mol. The second-order valence-electron chi connectivity index (χ2n) is 5.50. The smallest absolute Gasteiger partial charge is 0.255 e. The fourth-order valence-corrected chi connectivity index (χ4v) is 2.81. The lowest BCUT2D eigenvalue weighted by molar-refractivity contribution is -0.118. The Bertz CT molecular complexity index is 753. The molecule has 0 fully saturated rings. The highest BCUT2D eigenvalue weighted by Gasteiger charge is 2.22. The Labute approximate surface area is 156 Å². The number of para-hydroxylation sites is 1. The van der Waals surface area contributed by atoms with Crippen LogP contribution in [-0.2, 0) is 4.79 Å². The highest BCUT2D eigenvalue weighted by Crippen LogP contribution is 2.18. The largest absolute Gasteiger partial charge is 0.496 e. The lowest BCUT2D eigenvalue weighted by Crippen LogP contribution is -2.44. The lowest BCUT2D eigenvalue weighted by Gasteiger charge is -2.19. The molecule has 2 aromatic rings. The molecule has 2 aromatic carbocycles. The first-order chi connectivity index (χ1) is 12.5. The van der Waals surface area contributed by atoms with Crippen molar-refractivity contribution in [3.63, 3.8) is 0 Å². The number of nitrogens with one attached hydrogen (secondary N) is 2. The molecule has 1 unspecified atom stereocenters. The fraction of sp³-hybridized carbons (Fsp3) is 0.263. The van der Waals surface area contributed by atoms with Crippen LogP contribution in [0, 0.1) is 5.82 Å². The van der Waals surface area contributed by atoms with Crippen LogP contribution < -0.4 is 15.4 Å². The first-order valence-corrected chi connectivity index (χ1v) is 9.43. The molecule has 0 aliphatic heterocycles. The van der Waals surface area contributed by atoms with E-state index in [9.17, 15) is 14.0 Å². The van der Waals surface area contributed by atoms with E-state index in [1.165, 1.54) is 31.4 Å². The maximum Gasteiger partial charge on any atom is 0.255 e. The zero-order valence-corrected chi connectivity index (χ0v) is 15.4. The van der Waals surface area contributed by atoms with E-state index in [1.807, 2.05) is 6.26 Å². The molecule has 5 nitrogen and oxygen atoms in total. The van der Waals surface area contributed by atoms with Gasteiger partial charge in [-0.1, -0.05) is 12.1 Å². The SMILES string of the molecule is COc1ccccc1C(=O)NC(CCSC)C(=O)Nc1ccc(F)cc1. The third-order valence-corrected chi connectivity index (χ3v) is 4.34. The Hall–Kier alpha value is -2.54. The molecule has 2 N–H and O–H groups in total. The minimum Gasteiger partial charge on any atom is -0.496 e. The maximum absolute atomic E-state index is 13.0. The Morgan fingerprint density at radius 3 is 2.50 bits per heavy atom. The van der Waals surface area contributed by atoms with Gasteiger partial charge in [-0.15, -0.1) is 0 Å². The monoisotopic (exact) mass is 376 g/mol. The molecule has 0 bridgehead atoms. The molecule has 0 spiro atoms. The number of benzene rings is 2. The Morgan fingerprint density at radius 2 is 1.85 bits per heavy atom. The molecule has 0 heterocycles. The Morgan fingerprint density at radius 1 is 1.15 bits per heavy atom. The molecule has 0 aliphatic rings. The molecular formula is C19H21FN2O3S. The summed E-state index contributed by atoms with van der Waals surface area (Å²) in [6, 6.07) is 11.6. The highest BCUT2D eigenvalue weighted by molar-refractivity contribution is 7.98. The van der Waals surface area contributed by atoms with Gasteiger partial charge in [0.2, 0.25) is 5.91 Å². The van der Waals surface area contributed by atoms with E-state index in [0.717, 1.165) is 0 Å². The number of amides is 2. The number of thioether (sulfide) groups is 1. The van der Waals surface area contributed by atoms with Crippen molar-refractivity contribution in [2.75, 3.05) is 24.4 Å². The second-order valence-corrected chi connectivity index (χ2v) is 6.49. The minimum absolute atomic E-state index is 0.353. The molecule has 0 aliphatic carbocycles. The maximum atomic E-state index is 13.0. The number of carbonyl (C=O) groups excluding carboxylic acids is 2. The highest BCUT2D eigenvalue weighted by atomic mass is 32.2. The Balaban J connectivity index is 2.11. The van der Waals surface area contributed by atoms with Crippen molar-refractivity contribution in [2.24, 2.45) is 0 Å². The molecule has 1 atom stereocenters. The number of anilines is 1. The lowest BCUT2D eigenvalue weighted by atomic mass is 10.1.